The molecule has 0 bridgehead atoms. The zero-order chi connectivity index (χ0) is 17.0. The third-order valence-electron chi connectivity index (χ3n) is 3.36. The van der Waals surface area contributed by atoms with E-state index in [0.717, 1.165) is 4.31 Å². The van der Waals surface area contributed by atoms with Crippen molar-refractivity contribution < 1.29 is 23.0 Å². The maximum absolute atomic E-state index is 12.8. The molecule has 6 nitrogen and oxygen atoms in total. The van der Waals surface area contributed by atoms with Gasteiger partial charge in [-0.05, 0) is 23.6 Å². The molecule has 0 aliphatic heterocycles. The van der Waals surface area contributed by atoms with Gasteiger partial charge < -0.3 is 14.6 Å². The Hall–Kier alpha value is -1.61. The second-order valence-corrected chi connectivity index (χ2v) is 7.83. The fraction of sp³-hybridized carbons (Fsp3) is 0.333. The van der Waals surface area contributed by atoms with E-state index in [0.29, 0.717) is 10.6 Å². The summed E-state index contributed by atoms with van der Waals surface area (Å²) in [6.07, 6.45) is -0.883. The summed E-state index contributed by atoms with van der Waals surface area (Å²) in [7, 11) is 0.459. The molecule has 126 valence electrons. The summed E-state index contributed by atoms with van der Waals surface area (Å²) in [6.45, 7) is -0.0524. The predicted octanol–water partition coefficient (Wildman–Crippen LogP) is 2.12. The lowest BCUT2D eigenvalue weighted by Crippen LogP contribution is -2.31. The summed E-state index contributed by atoms with van der Waals surface area (Å²) in [5.41, 5.74) is 0. The number of aliphatic hydroxyl groups is 1. The van der Waals surface area contributed by atoms with Crippen molar-refractivity contribution >= 4 is 21.4 Å². The normalized spacial score (nSPS) is 13.1. The summed E-state index contributed by atoms with van der Waals surface area (Å²) in [5.74, 6) is 0.639. The van der Waals surface area contributed by atoms with Gasteiger partial charge in [0.25, 0.3) is 0 Å². The van der Waals surface area contributed by atoms with E-state index < -0.39 is 16.1 Å². The Morgan fingerprint density at radius 3 is 2.57 bits per heavy atom. The van der Waals surface area contributed by atoms with Crippen LogP contribution in [0.4, 0.5) is 0 Å². The summed E-state index contributed by atoms with van der Waals surface area (Å²) in [5, 5.41) is 12.0. The predicted molar refractivity (Wildman–Crippen MR) is 88.6 cm³/mol. The van der Waals surface area contributed by atoms with Crippen LogP contribution in [-0.2, 0) is 10.0 Å². The summed E-state index contributed by atoms with van der Waals surface area (Å²) < 4.78 is 36.9. The van der Waals surface area contributed by atoms with Gasteiger partial charge in [-0.2, -0.15) is 4.31 Å². The van der Waals surface area contributed by atoms with E-state index in [2.05, 4.69) is 0 Å². The molecule has 8 heteroatoms. The molecule has 0 fully saturated rings. The smallest absolute Gasteiger partial charge is 0.246 e. The second-order valence-electron chi connectivity index (χ2n) is 4.83. The number of benzene rings is 1. The highest BCUT2D eigenvalue weighted by Gasteiger charge is 2.27. The number of nitrogens with zero attached hydrogens (tertiary/aromatic N) is 1. The first-order valence-corrected chi connectivity index (χ1v) is 9.12. The number of hydrogen-bond acceptors (Lipinski definition) is 6. The molecule has 1 N–H and O–H groups in total. The summed E-state index contributed by atoms with van der Waals surface area (Å²) in [6, 6.07) is 8.14. The highest BCUT2D eigenvalue weighted by atomic mass is 32.2. The van der Waals surface area contributed by atoms with Crippen LogP contribution in [0.2, 0.25) is 0 Å². The molecule has 23 heavy (non-hydrogen) atoms. The van der Waals surface area contributed by atoms with Gasteiger partial charge in [0, 0.05) is 24.5 Å². The Bertz CT molecular complexity index is 743. The van der Waals surface area contributed by atoms with Crippen molar-refractivity contribution in [2.45, 2.75) is 11.0 Å². The number of rotatable bonds is 7. The van der Waals surface area contributed by atoms with Crippen molar-refractivity contribution in [1.29, 1.82) is 0 Å². The third kappa shape index (κ3) is 3.84. The number of aliphatic hydroxyl groups excluding tert-OH is 1. The molecule has 1 heterocycles. The highest BCUT2D eigenvalue weighted by Crippen LogP contribution is 2.31. The number of ether oxygens (including phenoxy) is 2. The zero-order valence-electron chi connectivity index (χ0n) is 13.1. The van der Waals surface area contributed by atoms with Crippen molar-refractivity contribution in [2.24, 2.45) is 0 Å². The second kappa shape index (κ2) is 7.31. The van der Waals surface area contributed by atoms with Crippen molar-refractivity contribution in [2.75, 3.05) is 27.8 Å². The van der Waals surface area contributed by atoms with Gasteiger partial charge in [0.2, 0.25) is 10.0 Å². The average molecular weight is 357 g/mol. The maximum Gasteiger partial charge on any atom is 0.246 e. The van der Waals surface area contributed by atoms with Gasteiger partial charge in [0.1, 0.15) is 22.5 Å². The van der Waals surface area contributed by atoms with E-state index in [1.165, 1.54) is 44.7 Å². The Balaban J connectivity index is 2.30. The standard InChI is InChI=1S/C15H19NO5S2/c1-16(10-12(17)14-5-4-8-22-14)23(18,19)15-9-11(20-2)6-7-13(15)21-3/h4-9,12,17H,10H2,1-3H3. The van der Waals surface area contributed by atoms with E-state index in [9.17, 15) is 13.5 Å². The number of thiophene rings is 1. The molecular formula is C15H19NO5S2. The number of likely N-dealkylation sites (N-methyl/N-ethyl adjacent to an activating group) is 1. The molecule has 0 amide bonds. The van der Waals surface area contributed by atoms with Gasteiger partial charge >= 0.3 is 0 Å². The third-order valence-corrected chi connectivity index (χ3v) is 6.18. The first-order valence-electron chi connectivity index (χ1n) is 6.80. The number of methoxy groups -OCH3 is 2. The molecule has 1 unspecified atom stereocenters. The van der Waals surface area contributed by atoms with Crippen molar-refractivity contribution in [3.8, 4) is 11.5 Å². The van der Waals surface area contributed by atoms with Crippen LogP contribution >= 0.6 is 11.3 Å². The monoisotopic (exact) mass is 357 g/mol. The van der Waals surface area contributed by atoms with E-state index in [4.69, 9.17) is 9.47 Å². The zero-order valence-corrected chi connectivity index (χ0v) is 14.7. The molecule has 2 rings (SSSR count). The summed E-state index contributed by atoms with van der Waals surface area (Å²) >= 11 is 1.38. The van der Waals surface area contributed by atoms with Crippen LogP contribution in [0.15, 0.2) is 40.6 Å². The van der Waals surface area contributed by atoms with Gasteiger partial charge in [-0.15, -0.1) is 11.3 Å². The molecular weight excluding hydrogens is 338 g/mol. The lowest BCUT2D eigenvalue weighted by atomic mass is 10.3. The van der Waals surface area contributed by atoms with Crippen LogP contribution in [0.1, 0.15) is 11.0 Å². The topological polar surface area (TPSA) is 76.1 Å². The Morgan fingerprint density at radius 2 is 2.00 bits per heavy atom. The Morgan fingerprint density at radius 1 is 1.26 bits per heavy atom. The van der Waals surface area contributed by atoms with Gasteiger partial charge in [0.15, 0.2) is 0 Å². The van der Waals surface area contributed by atoms with Gasteiger partial charge in [0.05, 0.1) is 14.2 Å². The van der Waals surface area contributed by atoms with Gasteiger partial charge in [-0.25, -0.2) is 8.42 Å². The quantitative estimate of drug-likeness (QED) is 0.821. The van der Waals surface area contributed by atoms with Crippen molar-refractivity contribution in [3.63, 3.8) is 0 Å². The van der Waals surface area contributed by atoms with E-state index in [1.54, 1.807) is 12.1 Å². The van der Waals surface area contributed by atoms with Crippen LogP contribution in [0.5, 0.6) is 11.5 Å². The van der Waals surface area contributed by atoms with Crippen LogP contribution in [0.3, 0.4) is 0 Å². The molecule has 0 spiro atoms. The van der Waals surface area contributed by atoms with Gasteiger partial charge in [-0.1, -0.05) is 6.07 Å². The van der Waals surface area contributed by atoms with E-state index in [1.807, 2.05) is 11.4 Å². The molecule has 0 aliphatic rings. The van der Waals surface area contributed by atoms with E-state index in [-0.39, 0.29) is 17.2 Å². The Labute approximate surface area is 139 Å². The lowest BCUT2D eigenvalue weighted by Gasteiger charge is -2.21. The summed E-state index contributed by atoms with van der Waals surface area (Å²) in [4.78, 5) is 0.713. The minimum atomic E-state index is -3.83. The van der Waals surface area contributed by atoms with Crippen molar-refractivity contribution in [1.82, 2.24) is 4.31 Å². The molecule has 0 saturated carbocycles. The molecule has 2 aromatic rings. The highest BCUT2D eigenvalue weighted by molar-refractivity contribution is 7.89. The number of sulfonamides is 1. The minimum absolute atomic E-state index is 0.000213. The maximum atomic E-state index is 12.8. The van der Waals surface area contributed by atoms with Crippen LogP contribution in [0.25, 0.3) is 0 Å². The first-order chi connectivity index (χ1) is 10.9. The first kappa shape index (κ1) is 17.7. The molecule has 1 aromatic carbocycles. The fourth-order valence-electron chi connectivity index (χ4n) is 2.07. The van der Waals surface area contributed by atoms with Crippen LogP contribution in [-0.4, -0.2) is 45.6 Å². The molecule has 0 radical (unpaired) electrons. The van der Waals surface area contributed by atoms with Gasteiger partial charge in [-0.3, -0.25) is 0 Å². The molecule has 0 saturated heterocycles. The number of hydrogen-bond donors (Lipinski definition) is 1. The van der Waals surface area contributed by atoms with Crippen molar-refractivity contribution in [3.05, 3.63) is 40.6 Å². The van der Waals surface area contributed by atoms with E-state index >= 15 is 0 Å². The average Bonchev–Trinajstić information content (AvgIpc) is 3.08. The lowest BCUT2D eigenvalue weighted by molar-refractivity contribution is 0.158. The molecule has 1 aromatic heterocycles. The Kier molecular flexibility index (Phi) is 5.64. The fourth-order valence-corrected chi connectivity index (χ4v) is 4.11. The molecule has 1 atom stereocenters. The van der Waals surface area contributed by atoms with Crippen LogP contribution < -0.4 is 9.47 Å². The largest absolute Gasteiger partial charge is 0.497 e. The van der Waals surface area contributed by atoms with Crippen LogP contribution in [0, 0.1) is 0 Å². The molecule has 0 aliphatic carbocycles. The SMILES string of the molecule is COc1ccc(OC)c(S(=O)(=O)N(C)CC(O)c2cccs2)c1. The minimum Gasteiger partial charge on any atom is -0.497 e.